The Hall–Kier alpha value is -2.41. The highest BCUT2D eigenvalue weighted by atomic mass is 16.5. The number of likely N-dealkylation sites (tertiary alicyclic amines) is 1. The minimum Gasteiger partial charge on any atom is -0.480 e. The van der Waals surface area contributed by atoms with Gasteiger partial charge in [0, 0.05) is 6.54 Å². The number of amides is 1. The highest BCUT2D eigenvalue weighted by Crippen LogP contribution is 2.21. The molecule has 7 nitrogen and oxygen atoms in total. The van der Waals surface area contributed by atoms with E-state index >= 15 is 0 Å². The lowest BCUT2D eigenvalue weighted by molar-refractivity contribution is -0.155. The van der Waals surface area contributed by atoms with E-state index in [9.17, 15) is 19.5 Å². The molecule has 3 atom stereocenters. The first-order valence-corrected chi connectivity index (χ1v) is 9.82. The number of carboxylic acids is 1. The van der Waals surface area contributed by atoms with Gasteiger partial charge in [-0.25, -0.2) is 4.79 Å². The second kappa shape index (κ2) is 10.2. The summed E-state index contributed by atoms with van der Waals surface area (Å²) in [5.41, 5.74) is 1.11. The second-order valence-electron chi connectivity index (χ2n) is 7.16. The van der Waals surface area contributed by atoms with Crippen LogP contribution in [-0.2, 0) is 25.5 Å². The molecule has 0 spiro atoms. The van der Waals surface area contributed by atoms with E-state index < -0.39 is 24.1 Å². The molecule has 0 radical (unpaired) electrons. The molecule has 1 aliphatic heterocycles. The first kappa shape index (κ1) is 21.9. The van der Waals surface area contributed by atoms with Gasteiger partial charge in [0.1, 0.15) is 12.1 Å². The van der Waals surface area contributed by atoms with Crippen molar-refractivity contribution in [3.63, 3.8) is 0 Å². The van der Waals surface area contributed by atoms with E-state index in [1.165, 1.54) is 4.90 Å². The van der Waals surface area contributed by atoms with E-state index in [0.717, 1.165) is 5.56 Å². The summed E-state index contributed by atoms with van der Waals surface area (Å²) in [7, 11) is 1.72. The summed E-state index contributed by atoms with van der Waals surface area (Å²) < 4.78 is 5.23. The van der Waals surface area contributed by atoms with E-state index in [4.69, 9.17) is 4.74 Å². The molecule has 0 aromatic heterocycles. The van der Waals surface area contributed by atoms with Gasteiger partial charge >= 0.3 is 11.9 Å². The first-order valence-electron chi connectivity index (χ1n) is 9.82. The Kier molecular flexibility index (Phi) is 7.99. The minimum absolute atomic E-state index is 0.263. The van der Waals surface area contributed by atoms with Crippen LogP contribution >= 0.6 is 0 Å². The van der Waals surface area contributed by atoms with Gasteiger partial charge in [-0.2, -0.15) is 0 Å². The van der Waals surface area contributed by atoms with E-state index in [0.29, 0.717) is 32.2 Å². The molecule has 28 heavy (non-hydrogen) atoms. The van der Waals surface area contributed by atoms with Crippen molar-refractivity contribution in [2.24, 2.45) is 0 Å². The minimum atomic E-state index is -0.980. The molecule has 2 rings (SSSR count). The van der Waals surface area contributed by atoms with E-state index in [2.05, 4.69) is 0 Å². The van der Waals surface area contributed by atoms with Crippen molar-refractivity contribution < 1.29 is 24.2 Å². The third kappa shape index (κ3) is 5.32. The lowest BCUT2D eigenvalue weighted by Crippen LogP contribution is -2.54. The molecule has 0 bridgehead atoms. The van der Waals surface area contributed by atoms with Crippen LogP contribution in [0.2, 0.25) is 0 Å². The standard InChI is InChI=1S/C21H30N2O5/c1-4-28-21(27)18(13-12-16-9-6-5-7-10-16)22(3)15(2)19(24)23-14-8-11-17(23)20(25)26/h5-7,9-10,15,17-18H,4,8,11-14H2,1-3H3,(H,25,26). The van der Waals surface area contributed by atoms with Crippen molar-refractivity contribution >= 4 is 17.8 Å². The molecule has 1 amide bonds. The van der Waals surface area contributed by atoms with Crippen molar-refractivity contribution in [3.05, 3.63) is 35.9 Å². The molecule has 1 N–H and O–H groups in total. The van der Waals surface area contributed by atoms with Gasteiger partial charge in [0.15, 0.2) is 0 Å². The fourth-order valence-corrected chi connectivity index (χ4v) is 3.65. The Morgan fingerprint density at radius 1 is 1.29 bits per heavy atom. The number of aliphatic carboxylic acids is 1. The Bertz CT molecular complexity index is 679. The zero-order chi connectivity index (χ0) is 20.7. The number of aryl methyl sites for hydroxylation is 1. The van der Waals surface area contributed by atoms with Gasteiger partial charge in [-0.3, -0.25) is 14.5 Å². The van der Waals surface area contributed by atoms with Crippen LogP contribution in [0.15, 0.2) is 30.3 Å². The van der Waals surface area contributed by atoms with Crippen molar-refractivity contribution in [2.45, 2.75) is 57.7 Å². The molecule has 1 aliphatic rings. The van der Waals surface area contributed by atoms with Crippen LogP contribution in [0.3, 0.4) is 0 Å². The summed E-state index contributed by atoms with van der Waals surface area (Å²) in [5, 5.41) is 9.35. The summed E-state index contributed by atoms with van der Waals surface area (Å²) in [6.07, 6.45) is 2.33. The summed E-state index contributed by atoms with van der Waals surface area (Å²) in [6.45, 7) is 4.17. The predicted molar refractivity (Wildman–Crippen MR) is 105 cm³/mol. The molecule has 1 saturated heterocycles. The molecule has 1 aromatic rings. The van der Waals surface area contributed by atoms with Crippen LogP contribution in [0.4, 0.5) is 0 Å². The predicted octanol–water partition coefficient (Wildman–Crippen LogP) is 1.95. The van der Waals surface area contributed by atoms with Crippen LogP contribution < -0.4 is 0 Å². The van der Waals surface area contributed by atoms with E-state index in [-0.39, 0.29) is 18.5 Å². The molecule has 154 valence electrons. The number of carbonyl (C=O) groups is 3. The van der Waals surface area contributed by atoms with Gasteiger partial charge in [-0.15, -0.1) is 0 Å². The molecule has 0 aliphatic carbocycles. The number of nitrogens with zero attached hydrogens (tertiary/aromatic N) is 2. The number of hydrogen-bond donors (Lipinski definition) is 1. The summed E-state index contributed by atoms with van der Waals surface area (Å²) >= 11 is 0. The monoisotopic (exact) mass is 390 g/mol. The Morgan fingerprint density at radius 3 is 2.57 bits per heavy atom. The molecular formula is C21H30N2O5. The van der Waals surface area contributed by atoms with Crippen molar-refractivity contribution in [1.82, 2.24) is 9.80 Å². The molecule has 7 heteroatoms. The third-order valence-electron chi connectivity index (χ3n) is 5.39. The average Bonchev–Trinajstić information content (AvgIpc) is 3.18. The zero-order valence-corrected chi connectivity index (χ0v) is 16.8. The van der Waals surface area contributed by atoms with Crippen molar-refractivity contribution in [2.75, 3.05) is 20.2 Å². The average molecular weight is 390 g/mol. The van der Waals surface area contributed by atoms with Gasteiger partial charge in [0.25, 0.3) is 0 Å². The van der Waals surface area contributed by atoms with Crippen molar-refractivity contribution in [1.29, 1.82) is 0 Å². The first-order chi connectivity index (χ1) is 13.4. The summed E-state index contributed by atoms with van der Waals surface area (Å²) in [6, 6.07) is 7.85. The zero-order valence-electron chi connectivity index (χ0n) is 16.8. The van der Waals surface area contributed by atoms with Gasteiger partial charge in [-0.05, 0) is 52.1 Å². The topological polar surface area (TPSA) is 87.2 Å². The molecular weight excluding hydrogens is 360 g/mol. The Balaban J connectivity index is 2.10. The second-order valence-corrected chi connectivity index (χ2v) is 7.16. The summed E-state index contributed by atoms with van der Waals surface area (Å²) in [4.78, 5) is 40.0. The molecule has 1 heterocycles. The number of rotatable bonds is 9. The number of esters is 1. The van der Waals surface area contributed by atoms with Crippen molar-refractivity contribution in [3.8, 4) is 0 Å². The third-order valence-corrected chi connectivity index (χ3v) is 5.39. The highest BCUT2D eigenvalue weighted by Gasteiger charge is 2.39. The fourth-order valence-electron chi connectivity index (χ4n) is 3.65. The number of ether oxygens (including phenoxy) is 1. The van der Waals surface area contributed by atoms with Gasteiger partial charge in [0.05, 0.1) is 12.6 Å². The maximum Gasteiger partial charge on any atom is 0.326 e. The quantitative estimate of drug-likeness (QED) is 0.649. The number of carboxylic acid groups (broad SMARTS) is 1. The highest BCUT2D eigenvalue weighted by molar-refractivity contribution is 5.88. The van der Waals surface area contributed by atoms with Gasteiger partial charge in [0.2, 0.25) is 5.91 Å². The van der Waals surface area contributed by atoms with Gasteiger partial charge < -0.3 is 14.7 Å². The largest absolute Gasteiger partial charge is 0.480 e. The number of hydrogen-bond acceptors (Lipinski definition) is 5. The Labute approximate surface area is 166 Å². The number of benzene rings is 1. The molecule has 1 aromatic carbocycles. The summed E-state index contributed by atoms with van der Waals surface area (Å²) in [5.74, 6) is -1.61. The maximum atomic E-state index is 12.9. The molecule has 3 unspecified atom stereocenters. The number of likely N-dealkylation sites (N-methyl/N-ethyl adjacent to an activating group) is 1. The lowest BCUT2D eigenvalue weighted by Gasteiger charge is -2.34. The number of carbonyl (C=O) groups excluding carboxylic acids is 2. The normalized spacial score (nSPS) is 18.7. The van der Waals surface area contributed by atoms with Gasteiger partial charge in [-0.1, -0.05) is 30.3 Å². The van der Waals surface area contributed by atoms with E-state index in [1.807, 2.05) is 30.3 Å². The van der Waals surface area contributed by atoms with Crippen LogP contribution in [0.25, 0.3) is 0 Å². The van der Waals surface area contributed by atoms with Crippen LogP contribution in [0.1, 0.15) is 38.7 Å². The fraction of sp³-hybridized carbons (Fsp3) is 0.571. The van der Waals surface area contributed by atoms with Crippen LogP contribution in [0.5, 0.6) is 0 Å². The van der Waals surface area contributed by atoms with Crippen LogP contribution in [0, 0.1) is 0 Å². The maximum absolute atomic E-state index is 12.9. The Morgan fingerprint density at radius 2 is 1.96 bits per heavy atom. The SMILES string of the molecule is CCOC(=O)C(CCc1ccccc1)N(C)C(C)C(=O)N1CCCC1C(=O)O. The lowest BCUT2D eigenvalue weighted by atomic mass is 10.0. The van der Waals surface area contributed by atoms with E-state index in [1.54, 1.807) is 25.8 Å². The molecule has 1 fully saturated rings. The molecule has 0 saturated carbocycles. The van der Waals surface area contributed by atoms with Crippen LogP contribution in [-0.4, -0.2) is 71.1 Å². The smallest absolute Gasteiger partial charge is 0.326 e.